The Morgan fingerprint density at radius 3 is 2.88 bits per heavy atom. The lowest BCUT2D eigenvalue weighted by Gasteiger charge is -2.18. The van der Waals surface area contributed by atoms with E-state index in [0.29, 0.717) is 19.1 Å². The second-order valence-corrected chi connectivity index (χ2v) is 6.66. The van der Waals surface area contributed by atoms with E-state index in [1.54, 1.807) is 6.92 Å². The zero-order chi connectivity index (χ0) is 17.3. The van der Waals surface area contributed by atoms with Crippen LogP contribution in [0.2, 0.25) is 0 Å². The van der Waals surface area contributed by atoms with Gasteiger partial charge in [0.05, 0.1) is 0 Å². The molecule has 0 spiro atoms. The van der Waals surface area contributed by atoms with Crippen molar-refractivity contribution in [3.8, 4) is 0 Å². The Morgan fingerprint density at radius 2 is 2.21 bits per heavy atom. The van der Waals surface area contributed by atoms with Gasteiger partial charge in [0.25, 0.3) is 0 Å². The number of carbonyl (C=O) groups is 2. The average Bonchev–Trinajstić information content (AvgIpc) is 3.11. The van der Waals surface area contributed by atoms with E-state index in [-0.39, 0.29) is 23.9 Å². The molecule has 1 amide bonds. The van der Waals surface area contributed by atoms with Crippen LogP contribution in [0.1, 0.15) is 43.7 Å². The summed E-state index contributed by atoms with van der Waals surface area (Å²) >= 11 is 0. The van der Waals surface area contributed by atoms with Crippen LogP contribution < -0.4 is 10.2 Å². The lowest BCUT2D eigenvalue weighted by Crippen LogP contribution is -2.29. The van der Waals surface area contributed by atoms with Crippen molar-refractivity contribution in [2.45, 2.75) is 44.8 Å². The third kappa shape index (κ3) is 3.36. The van der Waals surface area contributed by atoms with Crippen LogP contribution in [0.4, 0.5) is 5.69 Å². The first-order valence-electron chi connectivity index (χ1n) is 8.43. The van der Waals surface area contributed by atoms with Crippen LogP contribution in [-0.4, -0.2) is 37.1 Å². The minimum atomic E-state index is -0.230. The largest absolute Gasteiger partial charge is 0.461 e. The number of benzene rings is 1. The molecule has 0 aromatic heterocycles. The summed E-state index contributed by atoms with van der Waals surface area (Å²) in [4.78, 5) is 24.9. The molecular weight excluding hydrogens is 304 g/mol. The minimum absolute atomic E-state index is 0.0446. The molecule has 2 aliphatic rings. The second kappa shape index (κ2) is 6.77. The molecule has 0 aliphatic carbocycles. The van der Waals surface area contributed by atoms with Crippen molar-refractivity contribution in [3.63, 3.8) is 0 Å². The molecule has 3 atom stereocenters. The third-order valence-electron chi connectivity index (χ3n) is 4.88. The maximum Gasteiger partial charge on any atom is 0.302 e. The van der Waals surface area contributed by atoms with Gasteiger partial charge in [-0.25, -0.2) is 0 Å². The number of amides is 1. The first kappa shape index (κ1) is 16.7. The van der Waals surface area contributed by atoms with Gasteiger partial charge in [-0.3, -0.25) is 9.59 Å². The molecule has 5 heteroatoms. The van der Waals surface area contributed by atoms with Crippen LogP contribution in [-0.2, 0) is 14.3 Å². The molecule has 1 aromatic rings. The van der Waals surface area contributed by atoms with Crippen molar-refractivity contribution in [1.82, 2.24) is 5.32 Å². The number of anilines is 1. The van der Waals surface area contributed by atoms with Crippen LogP contribution in [0.15, 0.2) is 24.8 Å². The van der Waals surface area contributed by atoms with Gasteiger partial charge in [0.15, 0.2) is 0 Å². The molecule has 1 saturated heterocycles. The molecule has 1 aromatic carbocycles. The normalized spacial score (nSPS) is 25.4. The smallest absolute Gasteiger partial charge is 0.302 e. The Labute approximate surface area is 142 Å². The summed E-state index contributed by atoms with van der Waals surface area (Å²) in [5.41, 5.74) is 3.29. The van der Waals surface area contributed by atoms with Gasteiger partial charge in [-0.05, 0) is 29.7 Å². The number of carbonyl (C=O) groups excluding carboxylic acids is 2. The first-order chi connectivity index (χ1) is 11.5. The van der Waals surface area contributed by atoms with Gasteiger partial charge >= 0.3 is 5.97 Å². The standard InChI is InChI=1S/C19H24N2O3/c1-4-14-5-6-19-18(7-14)15(11-21(19)12(2)22)8-16-9-17(10-20-16)24-13(3)23/h4-7,15-17,20H,1,8-11H2,2-3H3. The first-order valence-corrected chi connectivity index (χ1v) is 8.43. The van der Waals surface area contributed by atoms with E-state index in [1.165, 1.54) is 12.5 Å². The van der Waals surface area contributed by atoms with E-state index in [1.807, 2.05) is 23.1 Å². The van der Waals surface area contributed by atoms with E-state index in [2.05, 4.69) is 18.0 Å². The number of ether oxygens (including phenoxy) is 1. The van der Waals surface area contributed by atoms with Gasteiger partial charge in [-0.15, -0.1) is 0 Å². The summed E-state index contributed by atoms with van der Waals surface area (Å²) in [5.74, 6) is 0.131. The molecule has 3 unspecified atom stereocenters. The zero-order valence-electron chi connectivity index (χ0n) is 14.2. The fourth-order valence-electron chi connectivity index (χ4n) is 3.82. The molecule has 3 rings (SSSR count). The second-order valence-electron chi connectivity index (χ2n) is 6.66. The molecule has 2 aliphatic heterocycles. The molecule has 5 nitrogen and oxygen atoms in total. The summed E-state index contributed by atoms with van der Waals surface area (Å²) in [7, 11) is 0. The van der Waals surface area contributed by atoms with Crippen LogP contribution in [0.3, 0.4) is 0 Å². The van der Waals surface area contributed by atoms with E-state index in [9.17, 15) is 9.59 Å². The Bertz CT molecular complexity index is 671. The van der Waals surface area contributed by atoms with Gasteiger partial charge in [-0.2, -0.15) is 0 Å². The van der Waals surface area contributed by atoms with E-state index in [4.69, 9.17) is 4.74 Å². The molecule has 1 N–H and O–H groups in total. The summed E-state index contributed by atoms with van der Waals surface area (Å²) in [6, 6.07) is 6.44. The minimum Gasteiger partial charge on any atom is -0.461 e. The zero-order valence-corrected chi connectivity index (χ0v) is 14.2. The topological polar surface area (TPSA) is 58.6 Å². The number of nitrogens with one attached hydrogen (secondary N) is 1. The van der Waals surface area contributed by atoms with Crippen LogP contribution in [0.25, 0.3) is 6.08 Å². The monoisotopic (exact) mass is 328 g/mol. The summed E-state index contributed by atoms with van der Waals surface area (Å²) in [5, 5.41) is 3.44. The number of rotatable bonds is 4. The highest BCUT2D eigenvalue weighted by Gasteiger charge is 2.35. The molecule has 2 heterocycles. The van der Waals surface area contributed by atoms with Crippen LogP contribution in [0.5, 0.6) is 0 Å². The number of esters is 1. The lowest BCUT2D eigenvalue weighted by atomic mass is 9.92. The summed E-state index contributed by atoms with van der Waals surface area (Å²) in [6.45, 7) is 8.30. The van der Waals surface area contributed by atoms with Gasteiger partial charge in [0, 0.05) is 51.0 Å². The predicted octanol–water partition coefficient (Wildman–Crippen LogP) is 2.46. The molecule has 0 saturated carbocycles. The van der Waals surface area contributed by atoms with Gasteiger partial charge in [-0.1, -0.05) is 18.7 Å². The SMILES string of the molecule is C=Cc1ccc2c(c1)C(CC1CC(OC(C)=O)CN1)CN2C(C)=O. The van der Waals surface area contributed by atoms with Crippen LogP contribution in [0, 0.1) is 0 Å². The van der Waals surface area contributed by atoms with Gasteiger partial charge in [0.1, 0.15) is 6.10 Å². The van der Waals surface area contributed by atoms with Crippen molar-refractivity contribution < 1.29 is 14.3 Å². The lowest BCUT2D eigenvalue weighted by molar-refractivity contribution is -0.145. The fraction of sp³-hybridized carbons (Fsp3) is 0.474. The Morgan fingerprint density at radius 1 is 1.42 bits per heavy atom. The molecule has 0 bridgehead atoms. The fourth-order valence-corrected chi connectivity index (χ4v) is 3.82. The predicted molar refractivity (Wildman–Crippen MR) is 93.9 cm³/mol. The highest BCUT2D eigenvalue weighted by atomic mass is 16.5. The van der Waals surface area contributed by atoms with Crippen molar-refractivity contribution in [1.29, 1.82) is 0 Å². The number of nitrogens with zero attached hydrogens (tertiary/aromatic N) is 1. The average molecular weight is 328 g/mol. The molecule has 128 valence electrons. The third-order valence-corrected chi connectivity index (χ3v) is 4.88. The maximum atomic E-state index is 12.0. The highest BCUT2D eigenvalue weighted by molar-refractivity contribution is 5.94. The Balaban J connectivity index is 1.74. The molecular formula is C19H24N2O3. The van der Waals surface area contributed by atoms with Crippen molar-refractivity contribution in [3.05, 3.63) is 35.9 Å². The van der Waals surface area contributed by atoms with Crippen molar-refractivity contribution in [2.75, 3.05) is 18.0 Å². The maximum absolute atomic E-state index is 12.0. The van der Waals surface area contributed by atoms with E-state index in [0.717, 1.165) is 24.1 Å². The summed E-state index contributed by atoms with van der Waals surface area (Å²) in [6.07, 6.45) is 3.54. The number of fused-ring (bicyclic) bond motifs is 1. The quantitative estimate of drug-likeness (QED) is 0.863. The number of hydrogen-bond acceptors (Lipinski definition) is 4. The van der Waals surface area contributed by atoms with Crippen molar-refractivity contribution >= 4 is 23.6 Å². The van der Waals surface area contributed by atoms with Gasteiger partial charge in [0.2, 0.25) is 5.91 Å². The van der Waals surface area contributed by atoms with E-state index < -0.39 is 0 Å². The Hall–Kier alpha value is -2.14. The summed E-state index contributed by atoms with van der Waals surface area (Å²) < 4.78 is 5.29. The highest BCUT2D eigenvalue weighted by Crippen LogP contribution is 2.40. The molecule has 1 fully saturated rings. The Kier molecular flexibility index (Phi) is 4.71. The van der Waals surface area contributed by atoms with Gasteiger partial charge < -0.3 is 15.0 Å². The van der Waals surface area contributed by atoms with Crippen molar-refractivity contribution in [2.24, 2.45) is 0 Å². The molecule has 24 heavy (non-hydrogen) atoms. The van der Waals surface area contributed by atoms with E-state index >= 15 is 0 Å². The van der Waals surface area contributed by atoms with Crippen LogP contribution >= 0.6 is 0 Å². The molecule has 0 radical (unpaired) electrons. The number of hydrogen-bond donors (Lipinski definition) is 1.